The van der Waals surface area contributed by atoms with Crippen molar-refractivity contribution in [2.45, 2.75) is 25.4 Å². The van der Waals surface area contributed by atoms with E-state index in [9.17, 15) is 18.0 Å². The molecule has 1 aromatic rings. The minimum atomic E-state index is -4.36. The molecule has 1 rings (SSSR count). The quantitative estimate of drug-likeness (QED) is 0.772. The maximum Gasteiger partial charge on any atom is 0.416 e. The van der Waals surface area contributed by atoms with Gasteiger partial charge >= 0.3 is 6.18 Å². The molecule has 0 amide bonds. The number of aldehydes is 1. The average Bonchev–Trinajstić information content (AvgIpc) is 2.27. The van der Waals surface area contributed by atoms with Gasteiger partial charge in [0.25, 0.3) is 0 Å². The normalized spacial score (nSPS) is 13.2. The van der Waals surface area contributed by atoms with Crippen LogP contribution in [0.25, 0.3) is 0 Å². The highest BCUT2D eigenvalue weighted by Crippen LogP contribution is 2.35. The molecule has 100 valence electrons. The van der Waals surface area contributed by atoms with E-state index < -0.39 is 11.7 Å². The molecule has 0 spiro atoms. The number of carbonyl (C=O) groups excluding carboxylic acids is 1. The number of rotatable bonds is 4. The van der Waals surface area contributed by atoms with Gasteiger partial charge in [0.2, 0.25) is 0 Å². The number of anilines is 1. The topological polar surface area (TPSA) is 20.3 Å². The van der Waals surface area contributed by atoms with Crippen LogP contribution < -0.4 is 4.90 Å². The molecular weight excluding hydrogens is 243 g/mol. The SMILES string of the molecule is CC(CC=O)c1cc(C(F)(F)F)ccc1N(C)C. The molecule has 5 heteroatoms. The van der Waals surface area contributed by atoms with E-state index in [1.165, 1.54) is 6.07 Å². The summed E-state index contributed by atoms with van der Waals surface area (Å²) in [7, 11) is 3.53. The monoisotopic (exact) mass is 259 g/mol. The van der Waals surface area contributed by atoms with Crippen molar-refractivity contribution in [3.63, 3.8) is 0 Å². The van der Waals surface area contributed by atoms with Gasteiger partial charge in [-0.15, -0.1) is 0 Å². The molecule has 0 N–H and O–H groups in total. The molecule has 1 aromatic carbocycles. The Kier molecular flexibility index (Phi) is 4.38. The number of halogens is 3. The Morgan fingerprint density at radius 1 is 1.33 bits per heavy atom. The van der Waals surface area contributed by atoms with Gasteiger partial charge in [0, 0.05) is 26.2 Å². The zero-order valence-corrected chi connectivity index (χ0v) is 10.6. The van der Waals surface area contributed by atoms with Crippen molar-refractivity contribution in [1.82, 2.24) is 0 Å². The van der Waals surface area contributed by atoms with Crippen LogP contribution in [-0.4, -0.2) is 20.4 Å². The summed E-state index contributed by atoms with van der Waals surface area (Å²) in [5.74, 6) is -0.234. The van der Waals surface area contributed by atoms with E-state index in [0.717, 1.165) is 18.4 Å². The number of hydrogen-bond donors (Lipinski definition) is 0. The van der Waals surface area contributed by atoms with E-state index >= 15 is 0 Å². The molecular formula is C13H16F3NO. The highest BCUT2D eigenvalue weighted by Gasteiger charge is 2.31. The zero-order chi connectivity index (χ0) is 13.9. The lowest BCUT2D eigenvalue weighted by molar-refractivity contribution is -0.137. The summed E-state index contributed by atoms with van der Waals surface area (Å²) in [6, 6.07) is 3.63. The standard InChI is InChI=1S/C13H16F3NO/c1-9(6-7-18)11-8-10(13(14,15)16)4-5-12(11)17(2)3/h4-5,7-9H,6H2,1-3H3. The second kappa shape index (κ2) is 5.42. The Bertz CT molecular complexity index is 427. The first-order valence-corrected chi connectivity index (χ1v) is 5.59. The molecule has 0 bridgehead atoms. The fourth-order valence-electron chi connectivity index (χ4n) is 1.80. The van der Waals surface area contributed by atoms with Crippen LogP contribution in [0.2, 0.25) is 0 Å². The first-order chi connectivity index (χ1) is 8.27. The molecule has 0 heterocycles. The third kappa shape index (κ3) is 3.24. The van der Waals surface area contributed by atoms with Gasteiger partial charge < -0.3 is 9.69 Å². The van der Waals surface area contributed by atoms with Crippen LogP contribution in [0.4, 0.5) is 18.9 Å². The van der Waals surface area contributed by atoms with Crippen molar-refractivity contribution in [2.24, 2.45) is 0 Å². The molecule has 0 saturated heterocycles. The number of alkyl halides is 3. The van der Waals surface area contributed by atoms with Gasteiger partial charge in [-0.3, -0.25) is 0 Å². The third-order valence-electron chi connectivity index (χ3n) is 2.82. The average molecular weight is 259 g/mol. The molecule has 1 unspecified atom stereocenters. The molecule has 0 fully saturated rings. The van der Waals surface area contributed by atoms with Gasteiger partial charge in [0.05, 0.1) is 5.56 Å². The predicted molar refractivity (Wildman–Crippen MR) is 64.9 cm³/mol. The summed E-state index contributed by atoms with van der Waals surface area (Å²) >= 11 is 0. The fourth-order valence-corrected chi connectivity index (χ4v) is 1.80. The Morgan fingerprint density at radius 3 is 2.39 bits per heavy atom. The molecule has 1 atom stereocenters. The van der Waals surface area contributed by atoms with Crippen LogP contribution in [0.3, 0.4) is 0 Å². The lowest BCUT2D eigenvalue weighted by Crippen LogP contribution is -2.14. The fraction of sp³-hybridized carbons (Fsp3) is 0.462. The van der Waals surface area contributed by atoms with Crippen molar-refractivity contribution in [1.29, 1.82) is 0 Å². The Labute approximate surface area is 104 Å². The number of hydrogen-bond acceptors (Lipinski definition) is 2. The van der Waals surface area contributed by atoms with Crippen molar-refractivity contribution in [3.8, 4) is 0 Å². The van der Waals surface area contributed by atoms with Crippen molar-refractivity contribution in [3.05, 3.63) is 29.3 Å². The summed E-state index contributed by atoms with van der Waals surface area (Å²) in [5, 5.41) is 0. The maximum absolute atomic E-state index is 12.7. The van der Waals surface area contributed by atoms with Gasteiger partial charge in [-0.1, -0.05) is 6.92 Å². The molecule has 0 aliphatic carbocycles. The van der Waals surface area contributed by atoms with Crippen LogP contribution in [-0.2, 0) is 11.0 Å². The van der Waals surface area contributed by atoms with Crippen LogP contribution >= 0.6 is 0 Å². The second-order valence-electron chi connectivity index (χ2n) is 4.47. The molecule has 18 heavy (non-hydrogen) atoms. The summed E-state index contributed by atoms with van der Waals surface area (Å²) in [6.07, 6.45) is -3.42. The Hall–Kier alpha value is -1.52. The van der Waals surface area contributed by atoms with Gasteiger partial charge in [-0.25, -0.2) is 0 Å². The lowest BCUT2D eigenvalue weighted by Gasteiger charge is -2.22. The minimum Gasteiger partial charge on any atom is -0.377 e. The lowest BCUT2D eigenvalue weighted by atomic mass is 9.94. The predicted octanol–water partition coefficient (Wildman–Crippen LogP) is 3.46. The van der Waals surface area contributed by atoms with Crippen molar-refractivity contribution in [2.75, 3.05) is 19.0 Å². The van der Waals surface area contributed by atoms with E-state index in [2.05, 4.69) is 0 Å². The molecule has 0 aromatic heterocycles. The summed E-state index contributed by atoms with van der Waals surface area (Å²) in [6.45, 7) is 1.75. The molecule has 2 nitrogen and oxygen atoms in total. The molecule has 0 radical (unpaired) electrons. The summed E-state index contributed by atoms with van der Waals surface area (Å²) < 4.78 is 38.0. The first-order valence-electron chi connectivity index (χ1n) is 5.59. The Balaban J connectivity index is 3.28. The Morgan fingerprint density at radius 2 is 1.94 bits per heavy atom. The second-order valence-corrected chi connectivity index (χ2v) is 4.47. The van der Waals surface area contributed by atoms with Crippen LogP contribution in [0.15, 0.2) is 18.2 Å². The molecule has 0 aliphatic rings. The van der Waals surface area contributed by atoms with Gasteiger partial charge in [0.15, 0.2) is 0 Å². The smallest absolute Gasteiger partial charge is 0.377 e. The number of carbonyl (C=O) groups is 1. The number of benzene rings is 1. The highest BCUT2D eigenvalue weighted by molar-refractivity contribution is 5.59. The third-order valence-corrected chi connectivity index (χ3v) is 2.82. The molecule has 0 aliphatic heterocycles. The van der Waals surface area contributed by atoms with Crippen LogP contribution in [0, 0.1) is 0 Å². The van der Waals surface area contributed by atoms with Crippen LogP contribution in [0.1, 0.15) is 30.4 Å². The zero-order valence-electron chi connectivity index (χ0n) is 10.6. The number of nitrogens with zero attached hydrogens (tertiary/aromatic N) is 1. The van der Waals surface area contributed by atoms with Gasteiger partial charge in [-0.2, -0.15) is 13.2 Å². The van der Waals surface area contributed by atoms with E-state index in [-0.39, 0.29) is 12.3 Å². The van der Waals surface area contributed by atoms with E-state index in [1.54, 1.807) is 25.9 Å². The highest BCUT2D eigenvalue weighted by atomic mass is 19.4. The minimum absolute atomic E-state index is 0.210. The summed E-state index contributed by atoms with van der Waals surface area (Å²) in [5.41, 5.74) is 0.570. The van der Waals surface area contributed by atoms with Crippen molar-refractivity contribution >= 4 is 12.0 Å². The first kappa shape index (κ1) is 14.5. The summed E-state index contributed by atoms with van der Waals surface area (Å²) in [4.78, 5) is 12.3. The van der Waals surface area contributed by atoms with E-state index in [1.807, 2.05) is 0 Å². The molecule has 0 saturated carbocycles. The van der Waals surface area contributed by atoms with Gasteiger partial charge in [0.1, 0.15) is 6.29 Å². The van der Waals surface area contributed by atoms with Crippen LogP contribution in [0.5, 0.6) is 0 Å². The van der Waals surface area contributed by atoms with E-state index in [0.29, 0.717) is 11.3 Å². The largest absolute Gasteiger partial charge is 0.416 e. The van der Waals surface area contributed by atoms with E-state index in [4.69, 9.17) is 0 Å². The van der Waals surface area contributed by atoms with Crippen molar-refractivity contribution < 1.29 is 18.0 Å². The maximum atomic E-state index is 12.7. The van der Waals surface area contributed by atoms with Gasteiger partial charge in [-0.05, 0) is 29.7 Å².